The number of carbonyl (C=O) groups excluding carboxylic acids is 1. The van der Waals surface area contributed by atoms with Crippen molar-refractivity contribution in [1.82, 2.24) is 10.2 Å². The van der Waals surface area contributed by atoms with Crippen LogP contribution < -0.4 is 5.32 Å². The van der Waals surface area contributed by atoms with Gasteiger partial charge in [0.2, 0.25) is 0 Å². The number of likely N-dealkylation sites (tertiary alicyclic amines) is 1. The van der Waals surface area contributed by atoms with E-state index in [2.05, 4.69) is 33.2 Å². The van der Waals surface area contributed by atoms with Crippen LogP contribution in [0.3, 0.4) is 0 Å². The van der Waals surface area contributed by atoms with Gasteiger partial charge in [-0.2, -0.15) is 0 Å². The number of nitrogens with zero attached hydrogens (tertiary/aromatic N) is 1. The molecule has 10 heavy (non-hydrogen) atoms. The van der Waals surface area contributed by atoms with E-state index in [0.717, 1.165) is 19.5 Å². The van der Waals surface area contributed by atoms with E-state index in [-0.39, 0.29) is 4.82 Å². The minimum absolute atomic E-state index is 0.104. The maximum Gasteiger partial charge on any atom is 0.287 e. The molecule has 4 heteroatoms. The first-order valence-corrected chi connectivity index (χ1v) is 4.12. The van der Waals surface area contributed by atoms with Gasteiger partial charge in [-0.25, -0.2) is 0 Å². The van der Waals surface area contributed by atoms with Crippen LogP contribution in [0.4, 0.5) is 4.79 Å². The quantitative estimate of drug-likeness (QED) is 0.509. The number of hydrogen-bond acceptors (Lipinski definition) is 2. The largest absolute Gasteiger partial charge is 0.343 e. The summed E-state index contributed by atoms with van der Waals surface area (Å²) in [5.74, 6) is 0. The van der Waals surface area contributed by atoms with E-state index in [1.54, 1.807) is 0 Å². The first-order valence-electron chi connectivity index (χ1n) is 3.33. The van der Waals surface area contributed by atoms with Crippen LogP contribution in [0.2, 0.25) is 0 Å². The van der Waals surface area contributed by atoms with Gasteiger partial charge >= 0.3 is 0 Å². The van der Waals surface area contributed by atoms with Crippen LogP contribution in [0, 0.1) is 0 Å². The minimum Gasteiger partial charge on any atom is -0.343 e. The van der Waals surface area contributed by atoms with E-state index in [9.17, 15) is 4.79 Å². The summed E-state index contributed by atoms with van der Waals surface area (Å²) in [4.78, 5) is 12.6. The van der Waals surface area contributed by atoms with Gasteiger partial charge in [-0.15, -0.1) is 0 Å². The van der Waals surface area contributed by atoms with Crippen LogP contribution in [0.15, 0.2) is 0 Å². The monoisotopic (exact) mass is 206 g/mol. The van der Waals surface area contributed by atoms with Crippen molar-refractivity contribution in [2.24, 2.45) is 0 Å². The average molecular weight is 207 g/mol. The molecule has 0 saturated carbocycles. The van der Waals surface area contributed by atoms with Crippen LogP contribution in [-0.2, 0) is 0 Å². The Hall–Kier alpha value is -0.0900. The lowest BCUT2D eigenvalue weighted by Gasteiger charge is -2.09. The highest BCUT2D eigenvalue weighted by atomic mass is 79.9. The maximum atomic E-state index is 10.5. The van der Waals surface area contributed by atoms with Gasteiger partial charge in [0.15, 0.2) is 0 Å². The molecule has 1 heterocycles. The summed E-state index contributed by atoms with van der Waals surface area (Å²) in [6.45, 7) is 2.05. The molecule has 0 radical (unpaired) electrons. The summed E-state index contributed by atoms with van der Waals surface area (Å²) in [7, 11) is 2.06. The molecule has 1 unspecified atom stereocenters. The Balaban J connectivity index is 2.24. The summed E-state index contributed by atoms with van der Waals surface area (Å²) in [5, 5.41) is 2.81. The molecular formula is C6H11BrN2O. The molecule has 0 aromatic carbocycles. The van der Waals surface area contributed by atoms with Gasteiger partial charge in [-0.3, -0.25) is 4.79 Å². The third-order valence-electron chi connectivity index (χ3n) is 1.71. The molecule has 1 fully saturated rings. The molecule has 1 N–H and O–H groups in total. The normalized spacial score (nSPS) is 26.8. The topological polar surface area (TPSA) is 32.3 Å². The number of rotatable bonds is 1. The highest BCUT2D eigenvalue weighted by Crippen LogP contribution is 2.06. The van der Waals surface area contributed by atoms with Gasteiger partial charge in [-0.05, 0) is 20.0 Å². The summed E-state index contributed by atoms with van der Waals surface area (Å²) in [6, 6.07) is 0.344. The molecule has 0 aromatic heterocycles. The Morgan fingerprint density at radius 1 is 1.80 bits per heavy atom. The van der Waals surface area contributed by atoms with E-state index >= 15 is 0 Å². The van der Waals surface area contributed by atoms with Crippen molar-refractivity contribution >= 4 is 20.7 Å². The number of nitrogens with one attached hydrogen (secondary N) is 1. The number of hydrogen-bond donors (Lipinski definition) is 1. The van der Waals surface area contributed by atoms with Gasteiger partial charge in [0.05, 0.1) is 0 Å². The maximum absolute atomic E-state index is 10.5. The van der Waals surface area contributed by atoms with Crippen LogP contribution in [0.25, 0.3) is 0 Å². The predicted molar refractivity (Wildman–Crippen MR) is 43.4 cm³/mol. The molecular weight excluding hydrogens is 196 g/mol. The predicted octanol–water partition coefficient (Wildman–Crippen LogP) is 0.795. The highest BCUT2D eigenvalue weighted by molar-refractivity contribution is 9.18. The zero-order valence-corrected chi connectivity index (χ0v) is 7.52. The van der Waals surface area contributed by atoms with E-state index in [1.165, 1.54) is 0 Å². The second-order valence-corrected chi connectivity index (χ2v) is 3.39. The molecule has 58 valence electrons. The number of amides is 1. The molecule has 1 saturated heterocycles. The molecule has 1 atom stereocenters. The molecule has 3 nitrogen and oxygen atoms in total. The third-order valence-corrected chi connectivity index (χ3v) is 1.94. The standard InChI is InChI=1S/C6H11BrN2O/c1-9-3-2-5(4-9)8-6(7)10/h5H,2-4H2,1H3,(H,8,10). The van der Waals surface area contributed by atoms with Crippen molar-refractivity contribution in [3.63, 3.8) is 0 Å². The highest BCUT2D eigenvalue weighted by Gasteiger charge is 2.19. The average Bonchev–Trinajstić information content (AvgIpc) is 2.13. The summed E-state index contributed by atoms with van der Waals surface area (Å²) < 4.78 is 0. The molecule has 0 aliphatic carbocycles. The SMILES string of the molecule is CN1CCC(NC(=O)Br)C1. The van der Waals surface area contributed by atoms with Crippen molar-refractivity contribution in [3.05, 3.63) is 0 Å². The van der Waals surface area contributed by atoms with Gasteiger partial charge in [0.25, 0.3) is 4.82 Å². The van der Waals surface area contributed by atoms with Crippen LogP contribution in [0.5, 0.6) is 0 Å². The van der Waals surface area contributed by atoms with Gasteiger partial charge in [0, 0.05) is 28.5 Å². The van der Waals surface area contributed by atoms with Crippen LogP contribution in [0.1, 0.15) is 6.42 Å². The van der Waals surface area contributed by atoms with Crippen molar-refractivity contribution in [2.45, 2.75) is 12.5 Å². The Bertz CT molecular complexity index is 140. The molecule has 1 aliphatic rings. The Labute approximate surface area is 68.9 Å². The zero-order valence-electron chi connectivity index (χ0n) is 5.93. The van der Waals surface area contributed by atoms with Crippen LogP contribution >= 0.6 is 15.9 Å². The van der Waals surface area contributed by atoms with E-state index in [4.69, 9.17) is 0 Å². The number of carbonyl (C=O) groups is 1. The first-order chi connectivity index (χ1) is 4.68. The fourth-order valence-electron chi connectivity index (χ4n) is 1.21. The van der Waals surface area contributed by atoms with Crippen LogP contribution in [-0.4, -0.2) is 35.9 Å². The molecule has 0 spiro atoms. The summed E-state index contributed by atoms with van der Waals surface area (Å²) in [5.41, 5.74) is 0. The van der Waals surface area contributed by atoms with Crippen molar-refractivity contribution in [3.8, 4) is 0 Å². The molecule has 0 bridgehead atoms. The van der Waals surface area contributed by atoms with E-state index in [0.29, 0.717) is 6.04 Å². The molecule has 0 aromatic rings. The smallest absolute Gasteiger partial charge is 0.287 e. The second-order valence-electron chi connectivity index (χ2n) is 2.67. The van der Waals surface area contributed by atoms with E-state index < -0.39 is 0 Å². The van der Waals surface area contributed by atoms with Gasteiger partial charge < -0.3 is 10.2 Å². The molecule has 1 rings (SSSR count). The van der Waals surface area contributed by atoms with E-state index in [1.807, 2.05) is 0 Å². The van der Waals surface area contributed by atoms with Gasteiger partial charge in [0.1, 0.15) is 0 Å². The first kappa shape index (κ1) is 8.01. The lowest BCUT2D eigenvalue weighted by Crippen LogP contribution is -2.32. The van der Waals surface area contributed by atoms with Gasteiger partial charge in [-0.1, -0.05) is 0 Å². The second kappa shape index (κ2) is 3.34. The van der Waals surface area contributed by atoms with Crippen molar-refractivity contribution in [2.75, 3.05) is 20.1 Å². The molecule has 1 amide bonds. The third kappa shape index (κ3) is 2.27. The van der Waals surface area contributed by atoms with Crippen molar-refractivity contribution < 1.29 is 4.79 Å². The Morgan fingerprint density at radius 2 is 2.50 bits per heavy atom. The lowest BCUT2D eigenvalue weighted by molar-refractivity contribution is 0.258. The lowest BCUT2D eigenvalue weighted by atomic mass is 10.3. The zero-order chi connectivity index (χ0) is 7.56. The summed E-state index contributed by atoms with van der Waals surface area (Å²) in [6.07, 6.45) is 1.06. The number of likely N-dealkylation sites (N-methyl/N-ethyl adjacent to an activating group) is 1. The Morgan fingerprint density at radius 3 is 2.90 bits per heavy atom. The van der Waals surface area contributed by atoms with Crippen molar-refractivity contribution in [1.29, 1.82) is 0 Å². The number of halogens is 1. The fraction of sp³-hybridized carbons (Fsp3) is 0.833. The fourth-order valence-corrected chi connectivity index (χ4v) is 1.54. The Kier molecular flexibility index (Phi) is 2.68. The molecule has 1 aliphatic heterocycles. The summed E-state index contributed by atoms with van der Waals surface area (Å²) >= 11 is 2.84. The minimum atomic E-state index is -0.104.